The van der Waals surface area contributed by atoms with Gasteiger partial charge in [0.2, 0.25) is 0 Å². The SMILES string of the molecule is CC(C)Cc1ccc(C(O)C2(N)CC2)cc1. The highest BCUT2D eigenvalue weighted by atomic mass is 16.3. The van der Waals surface area contributed by atoms with Gasteiger partial charge in [-0.25, -0.2) is 0 Å². The zero-order valence-corrected chi connectivity index (χ0v) is 10.1. The molecule has 1 atom stereocenters. The molecule has 16 heavy (non-hydrogen) atoms. The van der Waals surface area contributed by atoms with Gasteiger partial charge in [0.25, 0.3) is 0 Å². The molecule has 3 N–H and O–H groups in total. The van der Waals surface area contributed by atoms with E-state index in [0.717, 1.165) is 24.8 Å². The first-order valence-electron chi connectivity index (χ1n) is 6.07. The summed E-state index contributed by atoms with van der Waals surface area (Å²) in [4.78, 5) is 0. The molecule has 0 bridgehead atoms. The maximum atomic E-state index is 10.1. The van der Waals surface area contributed by atoms with E-state index in [4.69, 9.17) is 5.73 Å². The summed E-state index contributed by atoms with van der Waals surface area (Å²) in [6.07, 6.45) is 2.45. The molecule has 0 aliphatic heterocycles. The van der Waals surface area contributed by atoms with Gasteiger partial charge in [-0.1, -0.05) is 38.1 Å². The van der Waals surface area contributed by atoms with E-state index in [2.05, 4.69) is 26.0 Å². The van der Waals surface area contributed by atoms with Gasteiger partial charge in [0.1, 0.15) is 0 Å². The molecule has 1 fully saturated rings. The fraction of sp³-hybridized carbons (Fsp3) is 0.571. The predicted molar refractivity (Wildman–Crippen MR) is 66.1 cm³/mol. The van der Waals surface area contributed by atoms with Crippen molar-refractivity contribution < 1.29 is 5.11 Å². The van der Waals surface area contributed by atoms with Crippen molar-refractivity contribution in [3.8, 4) is 0 Å². The maximum Gasteiger partial charge on any atom is 0.0969 e. The van der Waals surface area contributed by atoms with Crippen LogP contribution in [0.2, 0.25) is 0 Å². The zero-order chi connectivity index (χ0) is 11.8. The van der Waals surface area contributed by atoms with Gasteiger partial charge in [-0.05, 0) is 36.3 Å². The Labute approximate surface area is 97.5 Å². The quantitative estimate of drug-likeness (QED) is 0.817. The molecule has 2 heteroatoms. The lowest BCUT2D eigenvalue weighted by molar-refractivity contribution is 0.136. The van der Waals surface area contributed by atoms with E-state index < -0.39 is 6.10 Å². The van der Waals surface area contributed by atoms with E-state index in [9.17, 15) is 5.11 Å². The molecule has 1 aliphatic rings. The Morgan fingerprint density at radius 1 is 1.25 bits per heavy atom. The molecule has 88 valence electrons. The normalized spacial score (nSPS) is 19.8. The van der Waals surface area contributed by atoms with E-state index in [1.807, 2.05) is 12.1 Å². The van der Waals surface area contributed by atoms with Crippen molar-refractivity contribution in [1.29, 1.82) is 0 Å². The molecule has 1 aromatic carbocycles. The first kappa shape index (κ1) is 11.6. The Balaban J connectivity index is 2.07. The highest BCUT2D eigenvalue weighted by molar-refractivity contribution is 5.28. The second kappa shape index (κ2) is 4.19. The largest absolute Gasteiger partial charge is 0.386 e. The van der Waals surface area contributed by atoms with Crippen LogP contribution >= 0.6 is 0 Å². The van der Waals surface area contributed by atoms with Gasteiger partial charge in [-0.15, -0.1) is 0 Å². The van der Waals surface area contributed by atoms with Crippen LogP contribution in [0.4, 0.5) is 0 Å². The topological polar surface area (TPSA) is 46.2 Å². The van der Waals surface area contributed by atoms with Gasteiger partial charge in [0.15, 0.2) is 0 Å². The molecule has 1 saturated carbocycles. The molecule has 2 rings (SSSR count). The van der Waals surface area contributed by atoms with Crippen LogP contribution in [0, 0.1) is 5.92 Å². The number of aliphatic hydroxyl groups is 1. The van der Waals surface area contributed by atoms with E-state index in [1.54, 1.807) is 0 Å². The lowest BCUT2D eigenvalue weighted by Crippen LogP contribution is -2.30. The minimum atomic E-state index is -0.499. The van der Waals surface area contributed by atoms with Crippen LogP contribution in [0.3, 0.4) is 0 Å². The fourth-order valence-corrected chi connectivity index (χ4v) is 2.06. The average Bonchev–Trinajstić information content (AvgIpc) is 2.97. The minimum Gasteiger partial charge on any atom is -0.386 e. The van der Waals surface area contributed by atoms with Gasteiger partial charge in [0.05, 0.1) is 6.10 Å². The summed E-state index contributed by atoms with van der Waals surface area (Å²) in [5, 5.41) is 10.1. The molecule has 0 heterocycles. The number of rotatable bonds is 4. The second-order valence-electron chi connectivity index (χ2n) is 5.48. The average molecular weight is 219 g/mol. The molecule has 0 radical (unpaired) electrons. The van der Waals surface area contributed by atoms with Gasteiger partial charge < -0.3 is 10.8 Å². The van der Waals surface area contributed by atoms with Crippen LogP contribution in [0.25, 0.3) is 0 Å². The molecular weight excluding hydrogens is 198 g/mol. The van der Waals surface area contributed by atoms with Crippen molar-refractivity contribution in [2.45, 2.75) is 44.8 Å². The first-order chi connectivity index (χ1) is 7.51. The number of hydrogen-bond donors (Lipinski definition) is 2. The maximum absolute atomic E-state index is 10.1. The molecule has 1 aromatic rings. The predicted octanol–water partition coefficient (Wildman–Crippen LogP) is 2.41. The fourth-order valence-electron chi connectivity index (χ4n) is 2.06. The van der Waals surface area contributed by atoms with Crippen LogP contribution in [0.1, 0.15) is 43.9 Å². The third-order valence-corrected chi connectivity index (χ3v) is 3.31. The van der Waals surface area contributed by atoms with Gasteiger partial charge >= 0.3 is 0 Å². The van der Waals surface area contributed by atoms with E-state index in [1.165, 1.54) is 5.56 Å². The summed E-state index contributed by atoms with van der Waals surface area (Å²) in [5.74, 6) is 0.667. The Bertz CT molecular complexity index is 352. The Morgan fingerprint density at radius 2 is 1.81 bits per heavy atom. The Hall–Kier alpha value is -0.860. The van der Waals surface area contributed by atoms with E-state index in [0.29, 0.717) is 5.92 Å². The second-order valence-corrected chi connectivity index (χ2v) is 5.48. The molecule has 2 nitrogen and oxygen atoms in total. The Morgan fingerprint density at radius 3 is 2.25 bits per heavy atom. The molecule has 0 saturated heterocycles. The summed E-state index contributed by atoms with van der Waals surface area (Å²) in [7, 11) is 0. The van der Waals surface area contributed by atoms with E-state index >= 15 is 0 Å². The molecule has 1 unspecified atom stereocenters. The van der Waals surface area contributed by atoms with Crippen molar-refractivity contribution in [1.82, 2.24) is 0 Å². The summed E-state index contributed by atoms with van der Waals surface area (Å²) in [6, 6.07) is 8.22. The van der Waals surface area contributed by atoms with Gasteiger partial charge in [-0.3, -0.25) is 0 Å². The smallest absolute Gasteiger partial charge is 0.0969 e. The number of hydrogen-bond acceptors (Lipinski definition) is 2. The monoisotopic (exact) mass is 219 g/mol. The van der Waals surface area contributed by atoms with Crippen molar-refractivity contribution in [2.24, 2.45) is 11.7 Å². The van der Waals surface area contributed by atoms with Crippen LogP contribution < -0.4 is 5.73 Å². The number of aliphatic hydroxyl groups excluding tert-OH is 1. The highest BCUT2D eigenvalue weighted by Gasteiger charge is 2.45. The molecule has 1 aliphatic carbocycles. The summed E-state index contributed by atoms with van der Waals surface area (Å²) in [6.45, 7) is 4.42. The van der Waals surface area contributed by atoms with Crippen molar-refractivity contribution in [3.63, 3.8) is 0 Å². The van der Waals surface area contributed by atoms with Crippen molar-refractivity contribution >= 4 is 0 Å². The summed E-state index contributed by atoms with van der Waals surface area (Å²) >= 11 is 0. The number of benzene rings is 1. The lowest BCUT2D eigenvalue weighted by Gasteiger charge is -2.18. The van der Waals surface area contributed by atoms with Crippen LogP contribution in [-0.4, -0.2) is 10.6 Å². The molecular formula is C14H21NO. The van der Waals surface area contributed by atoms with E-state index in [-0.39, 0.29) is 5.54 Å². The first-order valence-corrected chi connectivity index (χ1v) is 6.07. The van der Waals surface area contributed by atoms with Crippen molar-refractivity contribution in [2.75, 3.05) is 0 Å². The van der Waals surface area contributed by atoms with Gasteiger partial charge in [0, 0.05) is 5.54 Å². The van der Waals surface area contributed by atoms with Crippen LogP contribution in [0.5, 0.6) is 0 Å². The van der Waals surface area contributed by atoms with Crippen LogP contribution in [-0.2, 0) is 6.42 Å². The zero-order valence-electron chi connectivity index (χ0n) is 10.1. The van der Waals surface area contributed by atoms with Crippen molar-refractivity contribution in [3.05, 3.63) is 35.4 Å². The van der Waals surface area contributed by atoms with Crippen LogP contribution in [0.15, 0.2) is 24.3 Å². The molecule has 0 amide bonds. The third kappa shape index (κ3) is 2.45. The lowest BCUT2D eigenvalue weighted by atomic mass is 9.97. The standard InChI is InChI=1S/C14H21NO/c1-10(2)9-11-3-5-12(6-4-11)13(16)14(15)7-8-14/h3-6,10,13,16H,7-9,15H2,1-2H3. The Kier molecular flexibility index (Phi) is 3.04. The third-order valence-electron chi connectivity index (χ3n) is 3.31. The molecule has 0 aromatic heterocycles. The summed E-state index contributed by atoms with van der Waals surface area (Å²) in [5.41, 5.74) is 7.92. The number of nitrogens with two attached hydrogens (primary N) is 1. The highest BCUT2D eigenvalue weighted by Crippen LogP contribution is 2.43. The van der Waals surface area contributed by atoms with Gasteiger partial charge in [-0.2, -0.15) is 0 Å². The minimum absolute atomic E-state index is 0.348. The molecule has 0 spiro atoms. The summed E-state index contributed by atoms with van der Waals surface area (Å²) < 4.78 is 0.